The molecule has 3 aromatic rings. The van der Waals surface area contributed by atoms with Gasteiger partial charge in [0.15, 0.2) is 0 Å². The fourth-order valence-corrected chi connectivity index (χ4v) is 4.37. The molecular weight excluding hydrogens is 378 g/mol. The van der Waals surface area contributed by atoms with Crippen LogP contribution in [-0.2, 0) is 0 Å². The highest BCUT2D eigenvalue weighted by atomic mass is 32.1. The summed E-state index contributed by atoms with van der Waals surface area (Å²) in [5, 5.41) is 13.7. The van der Waals surface area contributed by atoms with Crippen molar-refractivity contribution in [2.24, 2.45) is 0 Å². The fraction of sp³-hybridized carbons (Fsp3) is 0.250. The molecule has 0 unspecified atom stereocenters. The van der Waals surface area contributed by atoms with Crippen LogP contribution in [0.25, 0.3) is 10.2 Å². The van der Waals surface area contributed by atoms with Crippen molar-refractivity contribution in [1.82, 2.24) is 9.88 Å². The molecule has 8 heteroatoms. The van der Waals surface area contributed by atoms with Gasteiger partial charge in [-0.2, -0.15) is 0 Å². The van der Waals surface area contributed by atoms with Crippen molar-refractivity contribution < 1.29 is 14.7 Å². The van der Waals surface area contributed by atoms with Crippen LogP contribution in [0, 0.1) is 20.8 Å². The van der Waals surface area contributed by atoms with Crippen molar-refractivity contribution in [3.8, 4) is 5.75 Å². The van der Waals surface area contributed by atoms with Crippen LogP contribution in [-0.4, -0.2) is 40.9 Å². The number of aryl methyl sites for hydroxylation is 3. The maximum absolute atomic E-state index is 12.7. The summed E-state index contributed by atoms with van der Waals surface area (Å²) >= 11 is 1.08. The normalized spacial score (nSPS) is 10.9. The Labute approximate surface area is 165 Å². The SMILES string of the molecule is Cc1cc(C)cc(NC(=O)c2c(O)c3c(C)c(C(=O)N(C)C)sc3[nH]c2=O)c1. The van der Waals surface area contributed by atoms with E-state index in [4.69, 9.17) is 0 Å². The lowest BCUT2D eigenvalue weighted by atomic mass is 10.1. The number of amides is 2. The topological polar surface area (TPSA) is 102 Å². The first-order valence-corrected chi connectivity index (χ1v) is 9.41. The van der Waals surface area contributed by atoms with E-state index in [0.717, 1.165) is 22.5 Å². The van der Waals surface area contributed by atoms with Crippen molar-refractivity contribution in [3.63, 3.8) is 0 Å². The largest absolute Gasteiger partial charge is 0.506 e. The van der Waals surface area contributed by atoms with E-state index in [2.05, 4.69) is 10.3 Å². The zero-order valence-corrected chi connectivity index (χ0v) is 17.1. The molecule has 0 fully saturated rings. The molecule has 0 aliphatic carbocycles. The smallest absolute Gasteiger partial charge is 0.265 e. The number of hydrogen-bond acceptors (Lipinski definition) is 5. The zero-order valence-electron chi connectivity index (χ0n) is 16.3. The average Bonchev–Trinajstić information content (AvgIpc) is 2.89. The third kappa shape index (κ3) is 3.38. The van der Waals surface area contributed by atoms with Crippen LogP contribution in [0.4, 0.5) is 5.69 Å². The second kappa shape index (κ2) is 7.12. The highest BCUT2D eigenvalue weighted by Gasteiger charge is 2.25. The van der Waals surface area contributed by atoms with Crippen LogP contribution in [0.5, 0.6) is 5.75 Å². The van der Waals surface area contributed by atoms with Gasteiger partial charge < -0.3 is 20.3 Å². The number of aromatic nitrogens is 1. The highest BCUT2D eigenvalue weighted by Crippen LogP contribution is 2.36. The van der Waals surface area contributed by atoms with E-state index in [9.17, 15) is 19.5 Å². The van der Waals surface area contributed by atoms with E-state index in [1.165, 1.54) is 4.90 Å². The molecule has 2 aromatic heterocycles. The van der Waals surface area contributed by atoms with Gasteiger partial charge in [0.1, 0.15) is 16.1 Å². The summed E-state index contributed by atoms with van der Waals surface area (Å²) in [6, 6.07) is 5.51. The van der Waals surface area contributed by atoms with Gasteiger partial charge in [-0.05, 0) is 49.6 Å². The Hall–Kier alpha value is -3.13. The summed E-state index contributed by atoms with van der Waals surface area (Å²) in [4.78, 5) is 42.3. The first-order valence-electron chi connectivity index (χ1n) is 8.59. The van der Waals surface area contributed by atoms with Crippen LogP contribution >= 0.6 is 11.3 Å². The van der Waals surface area contributed by atoms with Gasteiger partial charge in [0.25, 0.3) is 17.4 Å². The van der Waals surface area contributed by atoms with E-state index in [1.807, 2.05) is 19.9 Å². The number of thiophene rings is 1. The third-order valence-corrected chi connectivity index (χ3v) is 5.58. The lowest BCUT2D eigenvalue weighted by Gasteiger charge is -2.10. The number of benzene rings is 1. The third-order valence-electron chi connectivity index (χ3n) is 4.38. The molecule has 28 heavy (non-hydrogen) atoms. The van der Waals surface area contributed by atoms with Crippen LogP contribution in [0.1, 0.15) is 36.7 Å². The molecule has 0 atom stereocenters. The molecule has 0 radical (unpaired) electrons. The first-order chi connectivity index (χ1) is 13.1. The molecule has 0 spiro atoms. The Morgan fingerprint density at radius 1 is 1.11 bits per heavy atom. The number of fused-ring (bicyclic) bond motifs is 1. The van der Waals surface area contributed by atoms with Gasteiger partial charge in [-0.15, -0.1) is 11.3 Å². The summed E-state index contributed by atoms with van der Waals surface area (Å²) < 4.78 is 0. The number of rotatable bonds is 3. The Bertz CT molecular complexity index is 1150. The van der Waals surface area contributed by atoms with Crippen LogP contribution in [0.3, 0.4) is 0 Å². The average molecular weight is 399 g/mol. The molecular formula is C20H21N3O4S. The number of aromatic amines is 1. The number of nitrogens with one attached hydrogen (secondary N) is 2. The summed E-state index contributed by atoms with van der Waals surface area (Å²) in [5.41, 5.74) is 1.89. The molecule has 0 aliphatic rings. The van der Waals surface area contributed by atoms with Gasteiger partial charge in [-0.25, -0.2) is 0 Å². The summed E-state index contributed by atoms with van der Waals surface area (Å²) in [7, 11) is 3.24. The quantitative estimate of drug-likeness (QED) is 0.629. The molecule has 0 saturated carbocycles. The van der Waals surface area contributed by atoms with Crippen molar-refractivity contribution in [1.29, 1.82) is 0 Å². The monoisotopic (exact) mass is 399 g/mol. The summed E-state index contributed by atoms with van der Waals surface area (Å²) in [6.07, 6.45) is 0. The Balaban J connectivity index is 2.11. The Morgan fingerprint density at radius 3 is 2.29 bits per heavy atom. The Kier molecular flexibility index (Phi) is 4.99. The molecule has 2 heterocycles. The van der Waals surface area contributed by atoms with Crippen molar-refractivity contribution in [2.45, 2.75) is 20.8 Å². The van der Waals surface area contributed by atoms with Crippen molar-refractivity contribution in [2.75, 3.05) is 19.4 Å². The Morgan fingerprint density at radius 2 is 1.71 bits per heavy atom. The molecule has 1 aromatic carbocycles. The van der Waals surface area contributed by atoms with Gasteiger partial charge in [-0.3, -0.25) is 14.4 Å². The molecule has 0 bridgehead atoms. The number of carbonyl (C=O) groups is 2. The molecule has 3 rings (SSSR count). The van der Waals surface area contributed by atoms with E-state index in [1.54, 1.807) is 33.2 Å². The highest BCUT2D eigenvalue weighted by molar-refractivity contribution is 7.20. The molecule has 7 nitrogen and oxygen atoms in total. The van der Waals surface area contributed by atoms with Gasteiger partial charge in [-0.1, -0.05) is 6.07 Å². The molecule has 2 amide bonds. The minimum absolute atomic E-state index is 0.236. The van der Waals surface area contributed by atoms with Gasteiger partial charge in [0.05, 0.1) is 10.3 Å². The lowest BCUT2D eigenvalue weighted by molar-refractivity contribution is 0.0831. The summed E-state index contributed by atoms with van der Waals surface area (Å²) in [5.74, 6) is -1.37. The number of nitrogens with zero attached hydrogens (tertiary/aromatic N) is 1. The minimum atomic E-state index is -0.711. The standard InChI is InChI=1S/C20H21N3O4S/c1-9-6-10(2)8-12(7-9)21-17(25)14-15(24)13-11(3)16(20(27)23(4)5)28-19(13)22-18(14)26/h6-8H,1-5H3,(H,21,25)(H2,22,24,26). The number of carbonyl (C=O) groups excluding carboxylic acids is 2. The van der Waals surface area contributed by atoms with Crippen LogP contribution in [0.2, 0.25) is 0 Å². The van der Waals surface area contributed by atoms with Gasteiger partial charge in [0, 0.05) is 19.8 Å². The van der Waals surface area contributed by atoms with Crippen molar-refractivity contribution in [3.05, 3.63) is 55.7 Å². The van der Waals surface area contributed by atoms with Crippen LogP contribution in [0.15, 0.2) is 23.0 Å². The number of H-pyrrole nitrogens is 1. The predicted octanol–water partition coefficient (Wildman–Crippen LogP) is 3.17. The fourth-order valence-electron chi connectivity index (χ4n) is 3.14. The maximum Gasteiger partial charge on any atom is 0.265 e. The van der Waals surface area contributed by atoms with Gasteiger partial charge in [0.2, 0.25) is 0 Å². The molecule has 0 aliphatic heterocycles. The molecule has 3 N–H and O–H groups in total. The lowest BCUT2D eigenvalue weighted by Crippen LogP contribution is -2.23. The summed E-state index contributed by atoms with van der Waals surface area (Å²) in [6.45, 7) is 5.48. The van der Waals surface area contributed by atoms with E-state index >= 15 is 0 Å². The molecule has 0 saturated heterocycles. The molecule has 146 valence electrons. The minimum Gasteiger partial charge on any atom is -0.506 e. The number of aromatic hydroxyl groups is 1. The second-order valence-corrected chi connectivity index (χ2v) is 7.99. The van der Waals surface area contributed by atoms with E-state index in [0.29, 0.717) is 26.3 Å². The van der Waals surface area contributed by atoms with Gasteiger partial charge >= 0.3 is 0 Å². The van der Waals surface area contributed by atoms with E-state index in [-0.39, 0.29) is 11.5 Å². The number of hydrogen-bond donors (Lipinski definition) is 3. The number of pyridine rings is 1. The number of anilines is 1. The predicted molar refractivity (Wildman–Crippen MR) is 111 cm³/mol. The van der Waals surface area contributed by atoms with Crippen LogP contribution < -0.4 is 10.9 Å². The maximum atomic E-state index is 12.7. The van der Waals surface area contributed by atoms with Crippen molar-refractivity contribution >= 4 is 39.1 Å². The zero-order chi connectivity index (χ0) is 20.7. The first kappa shape index (κ1) is 19.6. The second-order valence-electron chi connectivity index (χ2n) is 6.97. The van der Waals surface area contributed by atoms with E-state index < -0.39 is 17.2 Å².